The Labute approximate surface area is 107 Å². The number of aryl methyl sites for hydroxylation is 2. The first kappa shape index (κ1) is 12.8. The van der Waals surface area contributed by atoms with Crippen molar-refractivity contribution in [1.29, 1.82) is 0 Å². The second-order valence-corrected chi connectivity index (χ2v) is 4.81. The molecule has 1 unspecified atom stereocenters. The summed E-state index contributed by atoms with van der Waals surface area (Å²) in [6.07, 6.45) is 0.771. The zero-order valence-electron chi connectivity index (χ0n) is 10.8. The van der Waals surface area contributed by atoms with Crippen molar-refractivity contribution >= 4 is 0 Å². The van der Waals surface area contributed by atoms with Gasteiger partial charge < -0.3 is 5.73 Å². The molecular weight excluding hydrogens is 225 g/mol. The molecule has 0 aromatic heterocycles. The summed E-state index contributed by atoms with van der Waals surface area (Å²) < 4.78 is 13.2. The highest BCUT2D eigenvalue weighted by molar-refractivity contribution is 5.29. The van der Waals surface area contributed by atoms with E-state index in [2.05, 4.69) is 25.1 Å². The van der Waals surface area contributed by atoms with Gasteiger partial charge in [0.05, 0.1) is 0 Å². The van der Waals surface area contributed by atoms with Gasteiger partial charge >= 0.3 is 0 Å². The van der Waals surface area contributed by atoms with E-state index in [0.717, 1.165) is 12.0 Å². The molecule has 0 bridgehead atoms. The number of halogens is 1. The smallest absolute Gasteiger partial charge is 0.126 e. The summed E-state index contributed by atoms with van der Waals surface area (Å²) in [7, 11) is 0. The lowest BCUT2D eigenvalue weighted by molar-refractivity contribution is 0.615. The number of hydrogen-bond donors (Lipinski definition) is 1. The minimum absolute atomic E-state index is 0.0916. The van der Waals surface area contributed by atoms with Gasteiger partial charge in [-0.2, -0.15) is 0 Å². The molecule has 2 N–H and O–H groups in total. The molecule has 2 aromatic carbocycles. The lowest BCUT2D eigenvalue weighted by Crippen LogP contribution is -2.13. The van der Waals surface area contributed by atoms with Gasteiger partial charge in [0.2, 0.25) is 0 Å². The van der Waals surface area contributed by atoms with E-state index in [1.807, 2.05) is 12.1 Å². The van der Waals surface area contributed by atoms with E-state index in [1.165, 1.54) is 17.2 Å². The van der Waals surface area contributed by atoms with E-state index < -0.39 is 0 Å². The molecule has 0 saturated carbocycles. The molecule has 0 spiro atoms. The van der Waals surface area contributed by atoms with Crippen molar-refractivity contribution in [3.05, 3.63) is 70.5 Å². The van der Waals surface area contributed by atoms with Gasteiger partial charge in [0.1, 0.15) is 5.82 Å². The van der Waals surface area contributed by atoms with Crippen LogP contribution in [0, 0.1) is 19.7 Å². The zero-order valence-corrected chi connectivity index (χ0v) is 10.8. The number of nitrogens with two attached hydrogens (primary N) is 1. The van der Waals surface area contributed by atoms with E-state index in [4.69, 9.17) is 5.73 Å². The third-order valence-corrected chi connectivity index (χ3v) is 3.15. The molecule has 18 heavy (non-hydrogen) atoms. The zero-order chi connectivity index (χ0) is 13.1. The summed E-state index contributed by atoms with van der Waals surface area (Å²) in [5.41, 5.74) is 10.2. The van der Waals surface area contributed by atoms with Crippen LogP contribution >= 0.6 is 0 Å². The molecule has 94 valence electrons. The van der Waals surface area contributed by atoms with Gasteiger partial charge in [0.15, 0.2) is 0 Å². The van der Waals surface area contributed by atoms with Gasteiger partial charge in [-0.05, 0) is 43.0 Å². The molecule has 0 radical (unpaired) electrons. The fraction of sp³-hybridized carbons (Fsp3) is 0.250. The van der Waals surface area contributed by atoms with Crippen LogP contribution < -0.4 is 5.73 Å². The Morgan fingerprint density at radius 1 is 1.11 bits per heavy atom. The molecule has 0 heterocycles. The summed E-state index contributed by atoms with van der Waals surface area (Å²) in [4.78, 5) is 0. The molecular formula is C16H18FN. The Kier molecular flexibility index (Phi) is 3.78. The normalized spacial score (nSPS) is 12.4. The van der Waals surface area contributed by atoms with Crippen LogP contribution in [0.25, 0.3) is 0 Å². The van der Waals surface area contributed by atoms with Gasteiger partial charge in [-0.25, -0.2) is 4.39 Å². The average molecular weight is 243 g/mol. The predicted octanol–water partition coefficient (Wildman–Crippen LogP) is 3.69. The molecule has 0 aliphatic carbocycles. The minimum Gasteiger partial charge on any atom is -0.324 e. The Morgan fingerprint density at radius 3 is 2.56 bits per heavy atom. The topological polar surface area (TPSA) is 26.0 Å². The highest BCUT2D eigenvalue weighted by atomic mass is 19.1. The van der Waals surface area contributed by atoms with Crippen LogP contribution in [0.4, 0.5) is 4.39 Å². The van der Waals surface area contributed by atoms with E-state index in [-0.39, 0.29) is 11.9 Å². The first-order valence-corrected chi connectivity index (χ1v) is 6.13. The molecule has 0 fully saturated rings. The second kappa shape index (κ2) is 5.32. The first-order valence-electron chi connectivity index (χ1n) is 6.13. The van der Waals surface area contributed by atoms with Crippen molar-refractivity contribution < 1.29 is 4.39 Å². The molecule has 1 nitrogen and oxygen atoms in total. The molecule has 0 aliphatic rings. The van der Waals surface area contributed by atoms with Crippen LogP contribution in [-0.4, -0.2) is 0 Å². The van der Waals surface area contributed by atoms with Crippen molar-refractivity contribution in [1.82, 2.24) is 0 Å². The van der Waals surface area contributed by atoms with Gasteiger partial charge in [-0.15, -0.1) is 0 Å². The Morgan fingerprint density at radius 2 is 1.89 bits per heavy atom. The monoisotopic (exact) mass is 243 g/mol. The number of rotatable bonds is 3. The summed E-state index contributed by atoms with van der Waals surface area (Å²) in [5, 5.41) is 0. The van der Waals surface area contributed by atoms with Crippen molar-refractivity contribution in [2.24, 2.45) is 5.73 Å². The Hall–Kier alpha value is -1.67. The highest BCUT2D eigenvalue weighted by Gasteiger charge is 2.09. The molecule has 0 saturated heterocycles. The molecule has 0 aliphatic heterocycles. The number of benzene rings is 2. The largest absolute Gasteiger partial charge is 0.324 e. The lowest BCUT2D eigenvalue weighted by atomic mass is 9.97. The maximum Gasteiger partial charge on any atom is 0.126 e. The SMILES string of the molecule is Cc1cccc(CC(N)c2ccc(F)c(C)c2)c1. The lowest BCUT2D eigenvalue weighted by Gasteiger charge is -2.13. The van der Waals surface area contributed by atoms with E-state index in [9.17, 15) is 4.39 Å². The first-order chi connectivity index (χ1) is 8.56. The van der Waals surface area contributed by atoms with Gasteiger partial charge in [0, 0.05) is 6.04 Å². The minimum atomic E-state index is -0.179. The standard InChI is InChI=1S/C16H18FN/c1-11-4-3-5-13(8-11)10-16(18)14-6-7-15(17)12(2)9-14/h3-9,16H,10,18H2,1-2H3. The maximum atomic E-state index is 13.2. The van der Waals surface area contributed by atoms with Gasteiger partial charge in [0.25, 0.3) is 0 Å². The second-order valence-electron chi connectivity index (χ2n) is 4.81. The van der Waals surface area contributed by atoms with Crippen LogP contribution in [0.2, 0.25) is 0 Å². The van der Waals surface area contributed by atoms with Crippen LogP contribution in [0.3, 0.4) is 0 Å². The quantitative estimate of drug-likeness (QED) is 0.874. The fourth-order valence-corrected chi connectivity index (χ4v) is 2.11. The Bertz CT molecular complexity index is 549. The van der Waals surface area contributed by atoms with Crippen molar-refractivity contribution in [2.45, 2.75) is 26.3 Å². The van der Waals surface area contributed by atoms with E-state index >= 15 is 0 Å². The summed E-state index contributed by atoms with van der Waals surface area (Å²) >= 11 is 0. The fourth-order valence-electron chi connectivity index (χ4n) is 2.11. The van der Waals surface area contributed by atoms with Crippen LogP contribution in [0.15, 0.2) is 42.5 Å². The molecule has 0 amide bonds. The molecule has 2 rings (SSSR count). The van der Waals surface area contributed by atoms with Crippen LogP contribution in [0.5, 0.6) is 0 Å². The summed E-state index contributed by atoms with van der Waals surface area (Å²) in [6.45, 7) is 3.83. The molecule has 1 atom stereocenters. The molecule has 2 heteroatoms. The van der Waals surface area contributed by atoms with Gasteiger partial charge in [-0.1, -0.05) is 42.0 Å². The number of hydrogen-bond acceptors (Lipinski definition) is 1. The Balaban J connectivity index is 2.16. The van der Waals surface area contributed by atoms with Gasteiger partial charge in [-0.3, -0.25) is 0 Å². The van der Waals surface area contributed by atoms with E-state index in [0.29, 0.717) is 5.56 Å². The predicted molar refractivity (Wildman–Crippen MR) is 72.9 cm³/mol. The van der Waals surface area contributed by atoms with E-state index in [1.54, 1.807) is 13.0 Å². The highest BCUT2D eigenvalue weighted by Crippen LogP contribution is 2.19. The van der Waals surface area contributed by atoms with Crippen molar-refractivity contribution in [3.63, 3.8) is 0 Å². The van der Waals surface area contributed by atoms with Crippen molar-refractivity contribution in [3.8, 4) is 0 Å². The molecule has 2 aromatic rings. The van der Waals surface area contributed by atoms with Crippen LogP contribution in [-0.2, 0) is 6.42 Å². The summed E-state index contributed by atoms with van der Waals surface area (Å²) in [5.74, 6) is -0.179. The third kappa shape index (κ3) is 2.96. The van der Waals surface area contributed by atoms with Crippen molar-refractivity contribution in [2.75, 3.05) is 0 Å². The average Bonchev–Trinajstić information content (AvgIpc) is 2.32. The third-order valence-electron chi connectivity index (χ3n) is 3.15. The summed E-state index contributed by atoms with van der Waals surface area (Å²) in [6, 6.07) is 13.3. The maximum absolute atomic E-state index is 13.2. The van der Waals surface area contributed by atoms with Crippen LogP contribution in [0.1, 0.15) is 28.3 Å².